The zero-order chi connectivity index (χ0) is 12.4. The van der Waals surface area contributed by atoms with E-state index in [2.05, 4.69) is 28.0 Å². The Bertz CT molecular complexity index is 380. The van der Waals surface area contributed by atoms with Gasteiger partial charge in [-0.2, -0.15) is 5.10 Å². The zero-order valence-corrected chi connectivity index (χ0v) is 12.0. The van der Waals surface area contributed by atoms with Gasteiger partial charge in [0.25, 0.3) is 0 Å². The summed E-state index contributed by atoms with van der Waals surface area (Å²) in [4.78, 5) is 0. The summed E-state index contributed by atoms with van der Waals surface area (Å²) in [5.41, 5.74) is 7.39. The number of aromatic nitrogens is 2. The molecule has 3 unspecified atom stereocenters. The molecule has 2 N–H and O–H groups in total. The maximum absolute atomic E-state index is 6.11. The van der Waals surface area contributed by atoms with E-state index in [1.165, 1.54) is 5.69 Å². The lowest BCUT2D eigenvalue weighted by Gasteiger charge is -2.20. The summed E-state index contributed by atoms with van der Waals surface area (Å²) in [5, 5.41) is 4.41. The molecule has 1 aliphatic rings. The standard InChI is InChI=1S/C12H20BrN3O/c1-8-9(3-4-11(8)14)12-10(13)7-15-16(12)5-6-17-2/h7-9,11H,3-6,14H2,1-2H3. The minimum Gasteiger partial charge on any atom is -0.383 e. The number of hydrogen-bond donors (Lipinski definition) is 1. The van der Waals surface area contributed by atoms with Gasteiger partial charge in [0.15, 0.2) is 0 Å². The number of ether oxygens (including phenoxy) is 1. The summed E-state index contributed by atoms with van der Waals surface area (Å²) >= 11 is 3.60. The van der Waals surface area contributed by atoms with Crippen molar-refractivity contribution >= 4 is 15.9 Å². The van der Waals surface area contributed by atoms with E-state index in [0.29, 0.717) is 24.5 Å². The van der Waals surface area contributed by atoms with E-state index < -0.39 is 0 Å². The fraction of sp³-hybridized carbons (Fsp3) is 0.750. The van der Waals surface area contributed by atoms with E-state index in [1.54, 1.807) is 7.11 Å². The largest absolute Gasteiger partial charge is 0.383 e. The Balaban J connectivity index is 2.21. The number of methoxy groups -OCH3 is 1. The van der Waals surface area contributed by atoms with Crippen LogP contribution in [0.2, 0.25) is 0 Å². The third-order valence-corrected chi connectivity index (χ3v) is 4.42. The zero-order valence-electron chi connectivity index (χ0n) is 10.4. The Kier molecular flexibility index (Phi) is 4.22. The van der Waals surface area contributed by atoms with Gasteiger partial charge in [-0.05, 0) is 34.7 Å². The van der Waals surface area contributed by atoms with Crippen LogP contribution in [0.25, 0.3) is 0 Å². The summed E-state index contributed by atoms with van der Waals surface area (Å²) in [5.74, 6) is 1.03. The highest BCUT2D eigenvalue weighted by Gasteiger charge is 2.34. The maximum Gasteiger partial charge on any atom is 0.0658 e. The molecule has 96 valence electrons. The first-order chi connectivity index (χ1) is 8.15. The molecule has 3 atom stereocenters. The quantitative estimate of drug-likeness (QED) is 0.927. The van der Waals surface area contributed by atoms with E-state index in [-0.39, 0.29) is 0 Å². The first-order valence-electron chi connectivity index (χ1n) is 6.11. The molecule has 0 saturated heterocycles. The molecule has 0 bridgehead atoms. The van der Waals surface area contributed by atoms with Gasteiger partial charge < -0.3 is 10.5 Å². The maximum atomic E-state index is 6.11. The molecule has 1 aromatic rings. The molecular weight excluding hydrogens is 282 g/mol. The van der Waals surface area contributed by atoms with Gasteiger partial charge in [-0.25, -0.2) is 0 Å². The SMILES string of the molecule is COCCn1ncc(Br)c1C1CCC(N)C1C. The van der Waals surface area contributed by atoms with Crippen molar-refractivity contribution in [3.8, 4) is 0 Å². The normalized spacial score (nSPS) is 28.8. The van der Waals surface area contributed by atoms with E-state index >= 15 is 0 Å². The summed E-state index contributed by atoms with van der Waals surface area (Å²) in [6, 6.07) is 0.317. The third-order valence-electron chi connectivity index (χ3n) is 3.81. The molecule has 5 heteroatoms. The molecule has 1 aliphatic carbocycles. The lowest BCUT2D eigenvalue weighted by molar-refractivity contribution is 0.181. The smallest absolute Gasteiger partial charge is 0.0658 e. The van der Waals surface area contributed by atoms with Gasteiger partial charge in [0.05, 0.1) is 29.5 Å². The number of nitrogens with zero attached hydrogens (tertiary/aromatic N) is 2. The van der Waals surface area contributed by atoms with Crippen LogP contribution in [-0.4, -0.2) is 29.5 Å². The fourth-order valence-electron chi connectivity index (χ4n) is 2.68. The average Bonchev–Trinajstić information content (AvgIpc) is 2.82. The second kappa shape index (κ2) is 5.50. The summed E-state index contributed by atoms with van der Waals surface area (Å²) in [7, 11) is 1.71. The molecular formula is C12H20BrN3O. The van der Waals surface area contributed by atoms with Crippen LogP contribution in [0.4, 0.5) is 0 Å². The number of halogens is 1. The van der Waals surface area contributed by atoms with Crippen LogP contribution in [0.15, 0.2) is 10.7 Å². The minimum atomic E-state index is 0.317. The van der Waals surface area contributed by atoms with Gasteiger partial charge in [0, 0.05) is 19.1 Å². The van der Waals surface area contributed by atoms with Crippen molar-refractivity contribution in [2.75, 3.05) is 13.7 Å². The van der Waals surface area contributed by atoms with Crippen molar-refractivity contribution < 1.29 is 4.74 Å². The van der Waals surface area contributed by atoms with Gasteiger partial charge in [-0.15, -0.1) is 0 Å². The molecule has 1 fully saturated rings. The highest BCUT2D eigenvalue weighted by molar-refractivity contribution is 9.10. The van der Waals surface area contributed by atoms with Gasteiger partial charge in [0.1, 0.15) is 0 Å². The highest BCUT2D eigenvalue weighted by Crippen LogP contribution is 2.41. The summed E-state index contributed by atoms with van der Waals surface area (Å²) in [6.07, 6.45) is 4.13. The Labute approximate surface area is 111 Å². The molecule has 0 spiro atoms. The Morgan fingerprint density at radius 3 is 2.94 bits per heavy atom. The van der Waals surface area contributed by atoms with E-state index in [4.69, 9.17) is 10.5 Å². The molecule has 0 amide bonds. The molecule has 0 aromatic carbocycles. The second-order valence-electron chi connectivity index (χ2n) is 4.80. The van der Waals surface area contributed by atoms with Gasteiger partial charge in [-0.3, -0.25) is 4.68 Å². The van der Waals surface area contributed by atoms with Crippen LogP contribution in [0.5, 0.6) is 0 Å². The van der Waals surface area contributed by atoms with Gasteiger partial charge in [0.2, 0.25) is 0 Å². The Morgan fingerprint density at radius 1 is 1.59 bits per heavy atom. The highest BCUT2D eigenvalue weighted by atomic mass is 79.9. The molecule has 2 rings (SSSR count). The topological polar surface area (TPSA) is 53.1 Å². The van der Waals surface area contributed by atoms with Crippen LogP contribution < -0.4 is 5.73 Å². The predicted molar refractivity (Wildman–Crippen MR) is 70.9 cm³/mol. The van der Waals surface area contributed by atoms with Crippen LogP contribution >= 0.6 is 15.9 Å². The van der Waals surface area contributed by atoms with Crippen LogP contribution in [0.3, 0.4) is 0 Å². The van der Waals surface area contributed by atoms with E-state index in [1.807, 2.05) is 10.9 Å². The van der Waals surface area contributed by atoms with Crippen molar-refractivity contribution in [3.63, 3.8) is 0 Å². The lowest BCUT2D eigenvalue weighted by atomic mass is 9.93. The van der Waals surface area contributed by atoms with E-state index in [0.717, 1.165) is 23.9 Å². The molecule has 17 heavy (non-hydrogen) atoms. The first-order valence-corrected chi connectivity index (χ1v) is 6.90. The van der Waals surface area contributed by atoms with Crippen LogP contribution in [0.1, 0.15) is 31.4 Å². The molecule has 0 aliphatic heterocycles. The molecule has 4 nitrogen and oxygen atoms in total. The molecule has 1 saturated carbocycles. The Hall–Kier alpha value is -0.390. The van der Waals surface area contributed by atoms with Crippen molar-refractivity contribution in [3.05, 3.63) is 16.4 Å². The van der Waals surface area contributed by atoms with Crippen LogP contribution in [0, 0.1) is 5.92 Å². The monoisotopic (exact) mass is 301 g/mol. The average molecular weight is 302 g/mol. The summed E-state index contributed by atoms with van der Waals surface area (Å²) in [6.45, 7) is 3.73. The van der Waals surface area contributed by atoms with Crippen LogP contribution in [-0.2, 0) is 11.3 Å². The third kappa shape index (κ3) is 2.56. The van der Waals surface area contributed by atoms with E-state index in [9.17, 15) is 0 Å². The molecule has 1 heterocycles. The molecule has 0 radical (unpaired) electrons. The van der Waals surface area contributed by atoms with Gasteiger partial charge >= 0.3 is 0 Å². The second-order valence-corrected chi connectivity index (χ2v) is 5.65. The van der Waals surface area contributed by atoms with Crippen molar-refractivity contribution in [1.29, 1.82) is 0 Å². The Morgan fingerprint density at radius 2 is 2.35 bits per heavy atom. The number of rotatable bonds is 4. The first kappa shape index (κ1) is 13.1. The summed E-state index contributed by atoms with van der Waals surface area (Å²) < 4.78 is 8.27. The van der Waals surface area contributed by atoms with Gasteiger partial charge in [-0.1, -0.05) is 6.92 Å². The molecule has 1 aromatic heterocycles. The predicted octanol–water partition coefficient (Wildman–Crippen LogP) is 2.13. The fourth-order valence-corrected chi connectivity index (χ4v) is 3.27. The minimum absolute atomic E-state index is 0.317. The van der Waals surface area contributed by atoms with Crippen molar-refractivity contribution in [1.82, 2.24) is 9.78 Å². The lowest BCUT2D eigenvalue weighted by Crippen LogP contribution is -2.25. The number of hydrogen-bond acceptors (Lipinski definition) is 3. The van der Waals surface area contributed by atoms with Crippen molar-refractivity contribution in [2.24, 2.45) is 11.7 Å². The number of nitrogens with two attached hydrogens (primary N) is 1. The van der Waals surface area contributed by atoms with Crippen molar-refractivity contribution in [2.45, 2.75) is 38.3 Å².